The third-order valence-electron chi connectivity index (χ3n) is 2.02. The minimum absolute atomic E-state index is 0.169. The lowest BCUT2D eigenvalue weighted by Crippen LogP contribution is -2.43. The number of aliphatic carboxylic acids is 1. The third kappa shape index (κ3) is 11.0. The molecule has 0 unspecified atom stereocenters. The van der Waals surface area contributed by atoms with Crippen LogP contribution in [0.5, 0.6) is 0 Å². The maximum Gasteiger partial charge on any atom is 0.322 e. The molecule has 0 aliphatic rings. The van der Waals surface area contributed by atoms with E-state index >= 15 is 0 Å². The van der Waals surface area contributed by atoms with E-state index in [2.05, 4.69) is 16.0 Å². The van der Waals surface area contributed by atoms with Crippen molar-refractivity contribution in [1.29, 1.82) is 0 Å². The highest BCUT2D eigenvalue weighted by atomic mass is 16.4. The molecule has 0 aromatic carbocycles. The minimum Gasteiger partial charge on any atom is -0.480 e. The Labute approximate surface area is 117 Å². The van der Waals surface area contributed by atoms with Gasteiger partial charge in [-0.1, -0.05) is 20.8 Å². The molecule has 3 amide bonds. The van der Waals surface area contributed by atoms with E-state index in [1.807, 2.05) is 20.8 Å². The van der Waals surface area contributed by atoms with Gasteiger partial charge < -0.3 is 21.1 Å². The summed E-state index contributed by atoms with van der Waals surface area (Å²) in [5.74, 6) is -2.54. The van der Waals surface area contributed by atoms with E-state index in [0.29, 0.717) is 6.42 Å². The number of amides is 3. The van der Waals surface area contributed by atoms with E-state index in [4.69, 9.17) is 5.11 Å². The molecule has 8 nitrogen and oxygen atoms in total. The smallest absolute Gasteiger partial charge is 0.322 e. The number of carbonyl (C=O) groups is 4. The largest absolute Gasteiger partial charge is 0.480 e. The van der Waals surface area contributed by atoms with Gasteiger partial charge in [-0.3, -0.25) is 19.2 Å². The van der Waals surface area contributed by atoms with Crippen LogP contribution in [0, 0.1) is 5.41 Å². The first kappa shape index (κ1) is 17.9. The van der Waals surface area contributed by atoms with Crippen molar-refractivity contribution in [2.75, 3.05) is 19.6 Å². The van der Waals surface area contributed by atoms with E-state index in [9.17, 15) is 19.2 Å². The van der Waals surface area contributed by atoms with E-state index in [0.717, 1.165) is 0 Å². The van der Waals surface area contributed by atoms with E-state index in [-0.39, 0.29) is 24.4 Å². The summed E-state index contributed by atoms with van der Waals surface area (Å²) in [6, 6.07) is 0. The predicted octanol–water partition coefficient (Wildman–Crippen LogP) is -1.14. The van der Waals surface area contributed by atoms with Gasteiger partial charge in [-0.2, -0.15) is 0 Å². The van der Waals surface area contributed by atoms with Crippen LogP contribution in [0.2, 0.25) is 0 Å². The standard InChI is InChI=1S/C12H21N3O5/c1-12(2,3)4-8(16)13-5-9(17)14-6-10(18)15-7-11(19)20/h4-7H2,1-3H3,(H,13,16)(H,14,17)(H,15,18)(H,19,20). The summed E-state index contributed by atoms with van der Waals surface area (Å²) >= 11 is 0. The first-order valence-electron chi connectivity index (χ1n) is 6.12. The molecule has 114 valence electrons. The maximum absolute atomic E-state index is 11.4. The Balaban J connectivity index is 3.81. The highest BCUT2D eigenvalue weighted by molar-refractivity contribution is 5.89. The molecule has 4 N–H and O–H groups in total. The van der Waals surface area contributed by atoms with Crippen molar-refractivity contribution in [3.8, 4) is 0 Å². The van der Waals surface area contributed by atoms with Crippen LogP contribution < -0.4 is 16.0 Å². The van der Waals surface area contributed by atoms with Crippen molar-refractivity contribution in [2.24, 2.45) is 5.41 Å². The molecule has 20 heavy (non-hydrogen) atoms. The van der Waals surface area contributed by atoms with Gasteiger partial charge in [-0.05, 0) is 5.41 Å². The Morgan fingerprint density at radius 3 is 1.60 bits per heavy atom. The lowest BCUT2D eigenvalue weighted by Gasteiger charge is -2.17. The average molecular weight is 287 g/mol. The fraction of sp³-hybridized carbons (Fsp3) is 0.667. The van der Waals surface area contributed by atoms with Gasteiger partial charge in [0.15, 0.2) is 0 Å². The summed E-state index contributed by atoms with van der Waals surface area (Å²) in [5.41, 5.74) is -0.169. The van der Waals surface area contributed by atoms with Gasteiger partial charge >= 0.3 is 5.97 Å². The molecule has 0 aliphatic carbocycles. The molecule has 0 atom stereocenters. The first-order chi connectivity index (χ1) is 9.10. The third-order valence-corrected chi connectivity index (χ3v) is 2.02. The summed E-state index contributed by atoms with van der Waals surface area (Å²) in [7, 11) is 0. The lowest BCUT2D eigenvalue weighted by molar-refractivity contribution is -0.137. The molecular weight excluding hydrogens is 266 g/mol. The van der Waals surface area contributed by atoms with Crippen LogP contribution in [-0.2, 0) is 19.2 Å². The minimum atomic E-state index is -1.17. The van der Waals surface area contributed by atoms with Crippen molar-refractivity contribution in [1.82, 2.24) is 16.0 Å². The normalized spacial score (nSPS) is 10.6. The second kappa shape index (κ2) is 8.13. The molecule has 0 saturated carbocycles. The van der Waals surface area contributed by atoms with Gasteiger partial charge in [0.05, 0.1) is 13.1 Å². The Morgan fingerprint density at radius 1 is 0.800 bits per heavy atom. The van der Waals surface area contributed by atoms with Crippen molar-refractivity contribution in [3.63, 3.8) is 0 Å². The van der Waals surface area contributed by atoms with E-state index in [1.54, 1.807) is 0 Å². The number of carboxylic acids is 1. The molecule has 0 spiro atoms. The van der Waals surface area contributed by atoms with Crippen LogP contribution in [0.4, 0.5) is 0 Å². The zero-order valence-electron chi connectivity index (χ0n) is 11.9. The number of nitrogens with one attached hydrogen (secondary N) is 3. The molecule has 0 heterocycles. The number of hydrogen-bond acceptors (Lipinski definition) is 4. The predicted molar refractivity (Wildman–Crippen MR) is 70.7 cm³/mol. The van der Waals surface area contributed by atoms with Crippen LogP contribution in [0.1, 0.15) is 27.2 Å². The van der Waals surface area contributed by atoms with Gasteiger partial charge in [0.2, 0.25) is 17.7 Å². The molecular formula is C12H21N3O5. The quantitative estimate of drug-likeness (QED) is 0.471. The molecule has 0 fully saturated rings. The molecule has 0 aromatic heterocycles. The summed E-state index contributed by atoms with van der Waals surface area (Å²) in [6.45, 7) is 4.65. The highest BCUT2D eigenvalue weighted by Crippen LogP contribution is 2.17. The molecule has 0 aliphatic heterocycles. The Kier molecular flexibility index (Phi) is 7.27. The monoisotopic (exact) mass is 287 g/mol. The van der Waals surface area contributed by atoms with Gasteiger partial charge in [0.25, 0.3) is 0 Å². The van der Waals surface area contributed by atoms with Gasteiger partial charge in [0, 0.05) is 6.42 Å². The first-order valence-corrected chi connectivity index (χ1v) is 6.12. The molecule has 8 heteroatoms. The Morgan fingerprint density at radius 2 is 1.20 bits per heavy atom. The van der Waals surface area contributed by atoms with Crippen molar-refractivity contribution < 1.29 is 24.3 Å². The molecule has 0 aromatic rings. The van der Waals surface area contributed by atoms with Crippen molar-refractivity contribution >= 4 is 23.7 Å². The van der Waals surface area contributed by atoms with Crippen LogP contribution in [0.25, 0.3) is 0 Å². The number of carboxylic acid groups (broad SMARTS) is 1. The fourth-order valence-electron chi connectivity index (χ4n) is 1.20. The lowest BCUT2D eigenvalue weighted by atomic mass is 9.92. The molecule has 0 rings (SSSR count). The summed E-state index contributed by atoms with van der Waals surface area (Å²) in [4.78, 5) is 44.1. The van der Waals surface area contributed by atoms with Gasteiger partial charge in [0.1, 0.15) is 6.54 Å². The number of carbonyl (C=O) groups excluding carboxylic acids is 3. The van der Waals surface area contributed by atoms with Crippen LogP contribution in [0.15, 0.2) is 0 Å². The van der Waals surface area contributed by atoms with E-state index < -0.39 is 24.3 Å². The number of rotatable bonds is 7. The average Bonchev–Trinajstić information content (AvgIpc) is 2.29. The zero-order chi connectivity index (χ0) is 15.8. The van der Waals surface area contributed by atoms with E-state index in [1.165, 1.54) is 0 Å². The van der Waals surface area contributed by atoms with Crippen molar-refractivity contribution in [2.45, 2.75) is 27.2 Å². The summed E-state index contributed by atoms with van der Waals surface area (Å²) < 4.78 is 0. The molecule has 0 saturated heterocycles. The van der Waals surface area contributed by atoms with Crippen LogP contribution >= 0.6 is 0 Å². The second-order valence-corrected chi connectivity index (χ2v) is 5.46. The zero-order valence-corrected chi connectivity index (χ0v) is 11.9. The second-order valence-electron chi connectivity index (χ2n) is 5.46. The summed E-state index contributed by atoms with van der Waals surface area (Å²) in [5, 5.41) is 15.1. The Bertz CT molecular complexity index is 387. The SMILES string of the molecule is CC(C)(C)CC(=O)NCC(=O)NCC(=O)NCC(=O)O. The van der Waals surface area contributed by atoms with Gasteiger partial charge in [-0.25, -0.2) is 0 Å². The highest BCUT2D eigenvalue weighted by Gasteiger charge is 2.16. The maximum atomic E-state index is 11.4. The molecule has 0 bridgehead atoms. The number of hydrogen-bond donors (Lipinski definition) is 4. The molecule has 0 radical (unpaired) electrons. The topological polar surface area (TPSA) is 125 Å². The summed E-state index contributed by atoms with van der Waals surface area (Å²) in [6.07, 6.45) is 0.291. The fourth-order valence-corrected chi connectivity index (χ4v) is 1.20. The van der Waals surface area contributed by atoms with Crippen LogP contribution in [0.3, 0.4) is 0 Å². The van der Waals surface area contributed by atoms with Crippen molar-refractivity contribution in [3.05, 3.63) is 0 Å². The van der Waals surface area contributed by atoms with Crippen LogP contribution in [-0.4, -0.2) is 48.4 Å². The Hall–Kier alpha value is -2.12. The van der Waals surface area contributed by atoms with Gasteiger partial charge in [-0.15, -0.1) is 0 Å².